The van der Waals surface area contributed by atoms with Crippen LogP contribution in [0, 0.1) is 0 Å². The Morgan fingerprint density at radius 3 is 1.77 bits per heavy atom. The zero-order valence-corrected chi connectivity index (χ0v) is 14.3. The molecule has 1 heterocycles. The number of hydrogen-bond acceptors (Lipinski definition) is 0. The molecule has 0 N–H and O–H groups in total. The van der Waals surface area contributed by atoms with Gasteiger partial charge in [0.05, 0.1) is 11.0 Å². The first-order chi connectivity index (χ1) is 12.8. The molecule has 120 valence electrons. The Hall–Kier alpha value is -3.26. The molecule has 2 radical (unpaired) electrons. The van der Waals surface area contributed by atoms with E-state index in [1.807, 2.05) is 18.2 Å². The SMILES string of the molecule is [B]c1cccc(-c2ccc(-n3c4ccccc4c4ccccc43)cc2)c1. The average molecular weight is 329 g/mol. The van der Waals surface area contributed by atoms with Crippen LogP contribution in [0.2, 0.25) is 0 Å². The summed E-state index contributed by atoms with van der Waals surface area (Å²) >= 11 is 0. The van der Waals surface area contributed by atoms with Crippen LogP contribution in [0.4, 0.5) is 0 Å². The maximum absolute atomic E-state index is 5.92. The van der Waals surface area contributed by atoms with Gasteiger partial charge in [0.25, 0.3) is 0 Å². The first-order valence-electron chi connectivity index (χ1n) is 8.76. The molecule has 0 spiro atoms. The van der Waals surface area contributed by atoms with Crippen molar-refractivity contribution in [3.8, 4) is 16.8 Å². The number of nitrogens with zero attached hydrogens (tertiary/aromatic N) is 1. The monoisotopic (exact) mass is 329 g/mol. The highest BCUT2D eigenvalue weighted by molar-refractivity contribution is 6.32. The highest BCUT2D eigenvalue weighted by atomic mass is 15.0. The molecule has 26 heavy (non-hydrogen) atoms. The van der Waals surface area contributed by atoms with Crippen LogP contribution in [0.3, 0.4) is 0 Å². The summed E-state index contributed by atoms with van der Waals surface area (Å²) in [6.07, 6.45) is 0. The molecule has 5 aromatic rings. The van der Waals surface area contributed by atoms with Crippen molar-refractivity contribution in [2.75, 3.05) is 0 Å². The fourth-order valence-corrected chi connectivity index (χ4v) is 3.72. The van der Waals surface area contributed by atoms with Gasteiger partial charge in [-0.1, -0.05) is 78.3 Å². The zero-order chi connectivity index (χ0) is 17.5. The molecule has 2 heteroatoms. The van der Waals surface area contributed by atoms with Gasteiger partial charge >= 0.3 is 0 Å². The van der Waals surface area contributed by atoms with Crippen LogP contribution in [0.5, 0.6) is 0 Å². The molecule has 0 atom stereocenters. The number of benzene rings is 4. The summed E-state index contributed by atoms with van der Waals surface area (Å²) < 4.78 is 2.33. The fraction of sp³-hybridized carbons (Fsp3) is 0. The maximum Gasteiger partial charge on any atom is 0.113 e. The number of rotatable bonds is 2. The van der Waals surface area contributed by atoms with E-state index < -0.39 is 0 Å². The third kappa shape index (κ3) is 2.34. The summed E-state index contributed by atoms with van der Waals surface area (Å²) in [6.45, 7) is 0. The average Bonchev–Trinajstić information content (AvgIpc) is 3.03. The van der Waals surface area contributed by atoms with Gasteiger partial charge in [-0.2, -0.15) is 0 Å². The summed E-state index contributed by atoms with van der Waals surface area (Å²) in [5, 5.41) is 2.56. The van der Waals surface area contributed by atoms with Crippen LogP contribution >= 0.6 is 0 Å². The highest BCUT2D eigenvalue weighted by Crippen LogP contribution is 2.32. The Morgan fingerprint density at radius 2 is 1.15 bits per heavy atom. The van der Waals surface area contributed by atoms with Crippen LogP contribution in [0.15, 0.2) is 97.1 Å². The third-order valence-electron chi connectivity index (χ3n) is 4.93. The minimum Gasteiger partial charge on any atom is -0.309 e. The first kappa shape index (κ1) is 15.0. The molecule has 0 bridgehead atoms. The minimum absolute atomic E-state index is 0.786. The van der Waals surface area contributed by atoms with Gasteiger partial charge in [-0.3, -0.25) is 0 Å². The minimum atomic E-state index is 0.786. The Labute approximate surface area is 153 Å². The van der Waals surface area contributed by atoms with E-state index >= 15 is 0 Å². The van der Waals surface area contributed by atoms with Gasteiger partial charge in [0.2, 0.25) is 0 Å². The molecule has 0 aliphatic heterocycles. The molecule has 0 aliphatic carbocycles. The smallest absolute Gasteiger partial charge is 0.113 e. The van der Waals surface area contributed by atoms with E-state index in [1.54, 1.807) is 0 Å². The number of hydrogen-bond donors (Lipinski definition) is 0. The van der Waals surface area contributed by atoms with E-state index in [4.69, 9.17) is 7.85 Å². The Kier molecular flexibility index (Phi) is 3.43. The van der Waals surface area contributed by atoms with Gasteiger partial charge in [-0.25, -0.2) is 0 Å². The molecule has 5 rings (SSSR count). The Balaban J connectivity index is 1.70. The number of fused-ring (bicyclic) bond motifs is 3. The fourth-order valence-electron chi connectivity index (χ4n) is 3.72. The van der Waals surface area contributed by atoms with Crippen molar-refractivity contribution in [1.82, 2.24) is 4.57 Å². The zero-order valence-electron chi connectivity index (χ0n) is 14.3. The van der Waals surface area contributed by atoms with Gasteiger partial charge < -0.3 is 4.57 Å². The standard InChI is InChI=1S/C24H16BN/c25-19-7-5-6-18(16-19)17-12-14-20(15-13-17)26-23-10-3-1-8-21(23)22-9-2-4-11-24(22)26/h1-16H. The molecule has 1 aromatic heterocycles. The van der Waals surface area contributed by atoms with Crippen LogP contribution in [0.25, 0.3) is 38.6 Å². The molecule has 0 amide bonds. The van der Waals surface area contributed by atoms with E-state index in [2.05, 4.69) is 83.4 Å². The summed E-state index contributed by atoms with van der Waals surface area (Å²) in [5.74, 6) is 0. The molecule has 0 saturated heterocycles. The number of aromatic nitrogens is 1. The second kappa shape index (κ2) is 5.92. The highest BCUT2D eigenvalue weighted by Gasteiger charge is 2.11. The maximum atomic E-state index is 5.92. The summed E-state index contributed by atoms with van der Waals surface area (Å²) in [5.41, 5.74) is 6.71. The predicted octanol–water partition coefficient (Wildman–Crippen LogP) is 5.24. The van der Waals surface area contributed by atoms with Crippen LogP contribution < -0.4 is 5.46 Å². The van der Waals surface area contributed by atoms with E-state index in [1.165, 1.54) is 27.4 Å². The van der Waals surface area contributed by atoms with Crippen molar-refractivity contribution < 1.29 is 0 Å². The normalized spacial score (nSPS) is 11.2. The third-order valence-corrected chi connectivity index (χ3v) is 4.93. The molecule has 0 saturated carbocycles. The first-order valence-corrected chi connectivity index (χ1v) is 8.76. The second-order valence-electron chi connectivity index (χ2n) is 6.54. The Bertz CT molecular complexity index is 1180. The van der Waals surface area contributed by atoms with Crippen molar-refractivity contribution in [3.05, 3.63) is 97.1 Å². The van der Waals surface area contributed by atoms with Crippen molar-refractivity contribution in [2.45, 2.75) is 0 Å². The summed E-state index contributed by atoms with van der Waals surface area (Å²) in [7, 11) is 5.92. The molecule has 0 unspecified atom stereocenters. The van der Waals surface area contributed by atoms with E-state index in [-0.39, 0.29) is 0 Å². The van der Waals surface area contributed by atoms with Crippen molar-refractivity contribution in [1.29, 1.82) is 0 Å². The Morgan fingerprint density at radius 1 is 0.538 bits per heavy atom. The van der Waals surface area contributed by atoms with Crippen LogP contribution in [-0.4, -0.2) is 12.4 Å². The van der Waals surface area contributed by atoms with Crippen molar-refractivity contribution in [3.63, 3.8) is 0 Å². The topological polar surface area (TPSA) is 4.93 Å². The van der Waals surface area contributed by atoms with Gasteiger partial charge in [0.15, 0.2) is 0 Å². The van der Waals surface area contributed by atoms with Crippen LogP contribution in [0.1, 0.15) is 0 Å². The molecule has 4 aromatic carbocycles. The lowest BCUT2D eigenvalue weighted by Crippen LogP contribution is -2.00. The largest absolute Gasteiger partial charge is 0.309 e. The lowest BCUT2D eigenvalue weighted by molar-refractivity contribution is 1.18. The predicted molar refractivity (Wildman–Crippen MR) is 112 cm³/mol. The number of para-hydroxylation sites is 2. The van der Waals surface area contributed by atoms with Crippen LogP contribution in [-0.2, 0) is 0 Å². The van der Waals surface area contributed by atoms with Gasteiger partial charge in [0.1, 0.15) is 7.85 Å². The van der Waals surface area contributed by atoms with E-state index in [9.17, 15) is 0 Å². The lowest BCUT2D eigenvalue weighted by Gasteiger charge is -2.09. The molecule has 1 nitrogen and oxygen atoms in total. The molecular weight excluding hydrogens is 313 g/mol. The summed E-state index contributed by atoms with van der Waals surface area (Å²) in [4.78, 5) is 0. The summed E-state index contributed by atoms with van der Waals surface area (Å²) in [6, 6.07) is 33.8. The van der Waals surface area contributed by atoms with E-state index in [0.29, 0.717) is 0 Å². The van der Waals surface area contributed by atoms with Gasteiger partial charge in [0, 0.05) is 16.5 Å². The van der Waals surface area contributed by atoms with Crippen molar-refractivity contribution >= 4 is 35.1 Å². The lowest BCUT2D eigenvalue weighted by atomic mass is 9.92. The molecule has 0 fully saturated rings. The molecular formula is C24H16BN. The quantitative estimate of drug-likeness (QED) is 0.390. The van der Waals surface area contributed by atoms with Crippen molar-refractivity contribution in [2.24, 2.45) is 0 Å². The second-order valence-corrected chi connectivity index (χ2v) is 6.54. The van der Waals surface area contributed by atoms with Gasteiger partial charge in [-0.15, -0.1) is 0 Å². The van der Waals surface area contributed by atoms with Gasteiger partial charge in [-0.05, 0) is 35.4 Å². The van der Waals surface area contributed by atoms with E-state index in [0.717, 1.165) is 16.7 Å². The molecule has 0 aliphatic rings.